The summed E-state index contributed by atoms with van der Waals surface area (Å²) >= 11 is 6.15. The van der Waals surface area contributed by atoms with Crippen LogP contribution in [0.15, 0.2) is 47.7 Å². The van der Waals surface area contributed by atoms with Crippen LogP contribution in [-0.4, -0.2) is 39.5 Å². The van der Waals surface area contributed by atoms with E-state index < -0.39 is 23.9 Å². The molecule has 0 saturated carbocycles. The van der Waals surface area contributed by atoms with Crippen molar-refractivity contribution in [2.24, 2.45) is 0 Å². The van der Waals surface area contributed by atoms with Crippen molar-refractivity contribution in [3.8, 4) is 0 Å². The Labute approximate surface area is 176 Å². The second-order valence-electron chi connectivity index (χ2n) is 8.40. The van der Waals surface area contributed by atoms with E-state index in [4.69, 9.17) is 16.3 Å². The number of fused-ring (bicyclic) bond motifs is 1. The fourth-order valence-electron chi connectivity index (χ4n) is 4.33. The Hall–Kier alpha value is -1.92. The van der Waals surface area contributed by atoms with Gasteiger partial charge in [-0.05, 0) is 56.5 Å². The summed E-state index contributed by atoms with van der Waals surface area (Å²) in [7, 11) is 0. The highest BCUT2D eigenvalue weighted by Crippen LogP contribution is 2.44. The van der Waals surface area contributed by atoms with Crippen LogP contribution >= 0.6 is 11.6 Å². The van der Waals surface area contributed by atoms with Crippen molar-refractivity contribution in [3.63, 3.8) is 0 Å². The monoisotopic (exact) mass is 414 g/mol. The maximum absolute atomic E-state index is 11.2. The molecule has 1 aromatic heterocycles. The van der Waals surface area contributed by atoms with E-state index in [1.165, 1.54) is 5.56 Å². The number of hydrogen-bond acceptors (Lipinski definition) is 5. The molecule has 0 amide bonds. The molecular formula is C23H27ClN2O3. The summed E-state index contributed by atoms with van der Waals surface area (Å²) in [4.78, 5) is 4.39. The summed E-state index contributed by atoms with van der Waals surface area (Å²) in [6, 6.07) is 11.6. The van der Waals surface area contributed by atoms with Crippen LogP contribution in [0, 0.1) is 6.92 Å². The van der Waals surface area contributed by atoms with E-state index in [9.17, 15) is 10.2 Å². The van der Waals surface area contributed by atoms with Gasteiger partial charge < -0.3 is 20.3 Å². The van der Waals surface area contributed by atoms with Crippen LogP contribution in [0.4, 0.5) is 0 Å². The molecule has 0 saturated heterocycles. The van der Waals surface area contributed by atoms with Gasteiger partial charge in [0.05, 0.1) is 11.7 Å². The number of nitrogens with one attached hydrogen (secondary N) is 1. The number of aliphatic hydroxyl groups excluding tert-OH is 2. The summed E-state index contributed by atoms with van der Waals surface area (Å²) in [5.74, 6) is 0.713. The number of hydrogen-bond donors (Lipinski definition) is 3. The number of aliphatic hydroxyl groups is 2. The number of ether oxygens (including phenoxy) is 1. The van der Waals surface area contributed by atoms with Crippen molar-refractivity contribution < 1.29 is 14.9 Å². The lowest BCUT2D eigenvalue weighted by molar-refractivity contribution is -0.104. The number of aryl methyl sites for hydroxylation is 1. The van der Waals surface area contributed by atoms with Gasteiger partial charge in [0.1, 0.15) is 28.7 Å². The van der Waals surface area contributed by atoms with Crippen molar-refractivity contribution in [3.05, 3.63) is 75.3 Å². The molecule has 0 fully saturated rings. The van der Waals surface area contributed by atoms with Gasteiger partial charge in [0.2, 0.25) is 0 Å². The normalized spacial score (nSPS) is 25.2. The largest absolute Gasteiger partial charge is 0.489 e. The summed E-state index contributed by atoms with van der Waals surface area (Å²) in [6.07, 6.45) is -0.422. The van der Waals surface area contributed by atoms with Crippen molar-refractivity contribution in [2.45, 2.75) is 57.5 Å². The van der Waals surface area contributed by atoms with Gasteiger partial charge in [0, 0.05) is 12.0 Å². The molecule has 5 nitrogen and oxygen atoms in total. The van der Waals surface area contributed by atoms with Crippen LogP contribution in [0.5, 0.6) is 0 Å². The van der Waals surface area contributed by atoms with Gasteiger partial charge in [-0.15, -0.1) is 0 Å². The first-order valence-corrected chi connectivity index (χ1v) is 10.4. The average molecular weight is 415 g/mol. The van der Waals surface area contributed by atoms with Gasteiger partial charge in [-0.3, -0.25) is 0 Å². The summed E-state index contributed by atoms with van der Waals surface area (Å²) in [6.45, 7) is 6.38. The van der Waals surface area contributed by atoms with Gasteiger partial charge in [0.15, 0.2) is 0 Å². The minimum atomic E-state index is -0.967. The van der Waals surface area contributed by atoms with E-state index >= 15 is 0 Å². The zero-order valence-corrected chi connectivity index (χ0v) is 17.7. The first-order valence-electron chi connectivity index (χ1n) is 9.99. The average Bonchev–Trinajstić information content (AvgIpc) is 2.67. The van der Waals surface area contributed by atoms with E-state index in [2.05, 4.69) is 22.4 Å². The Morgan fingerprint density at radius 1 is 1.24 bits per heavy atom. The maximum atomic E-state index is 11.2. The SMILES string of the molecule is Cc1cc(Cl)nc2c1CC1=C(C2O)C(NCCc2ccccc2)C(O)C(C)(C)O1. The van der Waals surface area contributed by atoms with Crippen LogP contribution in [0.3, 0.4) is 0 Å². The highest BCUT2D eigenvalue weighted by Gasteiger charge is 2.48. The van der Waals surface area contributed by atoms with Crippen molar-refractivity contribution in [1.82, 2.24) is 10.3 Å². The zero-order chi connectivity index (χ0) is 20.8. The molecule has 1 aliphatic carbocycles. The minimum absolute atomic E-state index is 0.357. The Kier molecular flexibility index (Phi) is 5.42. The summed E-state index contributed by atoms with van der Waals surface area (Å²) in [5, 5.41) is 26.0. The maximum Gasteiger partial charge on any atom is 0.131 e. The van der Waals surface area contributed by atoms with Crippen LogP contribution in [0.2, 0.25) is 5.15 Å². The predicted molar refractivity (Wildman–Crippen MR) is 113 cm³/mol. The Morgan fingerprint density at radius 2 is 1.97 bits per heavy atom. The number of allylic oxidation sites excluding steroid dienone is 1. The summed E-state index contributed by atoms with van der Waals surface area (Å²) in [5.41, 5.74) is 3.58. The Bertz CT molecular complexity index is 943. The smallest absolute Gasteiger partial charge is 0.131 e. The molecule has 3 N–H and O–H groups in total. The third kappa shape index (κ3) is 3.80. The first-order chi connectivity index (χ1) is 13.8. The molecule has 3 atom stereocenters. The number of pyridine rings is 1. The standard InChI is InChI=1S/C23H27ClN2O3/c1-13-11-17(24)26-19-15(13)12-16-18(21(19)27)20(22(28)23(2,3)29-16)25-10-9-14-7-5-4-6-8-14/h4-8,11,20-22,25,27-28H,9-10,12H2,1-3H3. The fraction of sp³-hybridized carbons (Fsp3) is 0.435. The molecule has 2 heterocycles. The third-order valence-electron chi connectivity index (χ3n) is 5.93. The number of rotatable bonds is 4. The lowest BCUT2D eigenvalue weighted by Gasteiger charge is -2.46. The van der Waals surface area contributed by atoms with Crippen LogP contribution in [0.25, 0.3) is 0 Å². The lowest BCUT2D eigenvalue weighted by atomic mass is 9.78. The molecular weight excluding hydrogens is 388 g/mol. The highest BCUT2D eigenvalue weighted by molar-refractivity contribution is 6.29. The first kappa shape index (κ1) is 20.4. The molecule has 4 rings (SSSR count). The molecule has 29 heavy (non-hydrogen) atoms. The molecule has 3 unspecified atom stereocenters. The molecule has 0 radical (unpaired) electrons. The van der Waals surface area contributed by atoms with E-state index in [1.807, 2.05) is 39.0 Å². The van der Waals surface area contributed by atoms with Crippen LogP contribution in [-0.2, 0) is 17.6 Å². The molecule has 2 aliphatic rings. The van der Waals surface area contributed by atoms with Gasteiger partial charge in [-0.2, -0.15) is 0 Å². The number of benzene rings is 1. The highest BCUT2D eigenvalue weighted by atomic mass is 35.5. The zero-order valence-electron chi connectivity index (χ0n) is 16.9. The molecule has 0 spiro atoms. The lowest BCUT2D eigenvalue weighted by Crippen LogP contribution is -2.58. The number of halogens is 1. The van der Waals surface area contributed by atoms with E-state index in [-0.39, 0.29) is 0 Å². The second kappa shape index (κ2) is 7.73. The molecule has 6 heteroatoms. The minimum Gasteiger partial charge on any atom is -0.489 e. The van der Waals surface area contributed by atoms with Crippen LogP contribution < -0.4 is 5.32 Å². The number of nitrogens with zero attached hydrogens (tertiary/aromatic N) is 1. The van der Waals surface area contributed by atoms with Gasteiger partial charge >= 0.3 is 0 Å². The Balaban J connectivity index is 1.64. The topological polar surface area (TPSA) is 74.6 Å². The molecule has 1 aromatic carbocycles. The molecule has 1 aliphatic heterocycles. The van der Waals surface area contributed by atoms with Gasteiger partial charge in [0.25, 0.3) is 0 Å². The second-order valence-corrected chi connectivity index (χ2v) is 8.79. The molecule has 0 bridgehead atoms. The van der Waals surface area contributed by atoms with E-state index in [1.54, 1.807) is 6.07 Å². The quantitative estimate of drug-likeness (QED) is 0.669. The van der Waals surface area contributed by atoms with Crippen molar-refractivity contribution >= 4 is 11.6 Å². The third-order valence-corrected chi connectivity index (χ3v) is 6.12. The van der Waals surface area contributed by atoms with E-state index in [0.717, 1.165) is 17.5 Å². The van der Waals surface area contributed by atoms with Crippen molar-refractivity contribution in [1.29, 1.82) is 0 Å². The number of aromatic nitrogens is 1. The molecule has 2 aromatic rings. The van der Waals surface area contributed by atoms with Crippen molar-refractivity contribution in [2.75, 3.05) is 6.54 Å². The van der Waals surface area contributed by atoms with Gasteiger partial charge in [-0.1, -0.05) is 41.9 Å². The fourth-order valence-corrected chi connectivity index (χ4v) is 4.58. The molecule has 154 valence electrons. The van der Waals surface area contributed by atoms with Crippen LogP contribution in [0.1, 0.15) is 42.3 Å². The van der Waals surface area contributed by atoms with E-state index in [0.29, 0.717) is 35.1 Å². The Morgan fingerprint density at radius 3 is 2.69 bits per heavy atom. The van der Waals surface area contributed by atoms with Gasteiger partial charge in [-0.25, -0.2) is 4.98 Å². The summed E-state index contributed by atoms with van der Waals surface area (Å²) < 4.78 is 6.17. The predicted octanol–water partition coefficient (Wildman–Crippen LogP) is 3.26.